The van der Waals surface area contributed by atoms with E-state index in [0.717, 1.165) is 36.0 Å². The third kappa shape index (κ3) is 5.16. The van der Waals surface area contributed by atoms with Crippen LogP contribution in [0.4, 0.5) is 0 Å². The molecule has 10 nitrogen and oxygen atoms in total. The van der Waals surface area contributed by atoms with E-state index < -0.39 is 0 Å². The minimum Gasteiger partial charge on any atom is -0.481 e. The summed E-state index contributed by atoms with van der Waals surface area (Å²) in [6, 6.07) is 9.74. The van der Waals surface area contributed by atoms with Crippen LogP contribution in [-0.4, -0.2) is 48.2 Å². The first-order valence-corrected chi connectivity index (χ1v) is 11.2. The van der Waals surface area contributed by atoms with Gasteiger partial charge in [0.2, 0.25) is 5.88 Å². The zero-order chi connectivity index (χ0) is 22.6. The molecule has 170 valence electrons. The Kier molecular flexibility index (Phi) is 5.97. The Hall–Kier alpha value is -3.82. The highest BCUT2D eigenvalue weighted by molar-refractivity contribution is 5.91. The predicted molar refractivity (Wildman–Crippen MR) is 121 cm³/mol. The summed E-state index contributed by atoms with van der Waals surface area (Å²) in [7, 11) is 1.56. The zero-order valence-corrected chi connectivity index (χ0v) is 18.5. The molecule has 0 spiro atoms. The first-order valence-electron chi connectivity index (χ1n) is 11.2. The molecule has 33 heavy (non-hydrogen) atoms. The Morgan fingerprint density at radius 1 is 1.18 bits per heavy atom. The van der Waals surface area contributed by atoms with Gasteiger partial charge in [-0.25, -0.2) is 4.98 Å². The van der Waals surface area contributed by atoms with E-state index in [-0.39, 0.29) is 18.1 Å². The summed E-state index contributed by atoms with van der Waals surface area (Å²) < 4.78 is 6.79. The van der Waals surface area contributed by atoms with Gasteiger partial charge in [0.15, 0.2) is 11.3 Å². The van der Waals surface area contributed by atoms with E-state index >= 15 is 0 Å². The van der Waals surface area contributed by atoms with Crippen molar-refractivity contribution in [2.45, 2.75) is 51.1 Å². The first-order chi connectivity index (χ1) is 16.2. The summed E-state index contributed by atoms with van der Waals surface area (Å²) in [4.78, 5) is 20.0. The number of amides is 1. The van der Waals surface area contributed by atoms with Gasteiger partial charge in [-0.05, 0) is 56.2 Å². The summed E-state index contributed by atoms with van der Waals surface area (Å²) in [5.41, 5.74) is 4.14. The van der Waals surface area contributed by atoms with Crippen LogP contribution in [-0.2, 0) is 19.5 Å². The van der Waals surface area contributed by atoms with E-state index in [4.69, 9.17) is 4.74 Å². The van der Waals surface area contributed by atoms with Crippen LogP contribution in [0.5, 0.6) is 5.88 Å². The minimum absolute atomic E-state index is 0.285. The van der Waals surface area contributed by atoms with E-state index in [9.17, 15) is 4.79 Å². The van der Waals surface area contributed by atoms with Gasteiger partial charge >= 0.3 is 0 Å². The molecule has 2 N–H and O–H groups in total. The van der Waals surface area contributed by atoms with Gasteiger partial charge in [0, 0.05) is 23.7 Å². The quantitative estimate of drug-likeness (QED) is 0.359. The third-order valence-electron chi connectivity index (χ3n) is 5.73. The molecule has 4 aromatic rings. The lowest BCUT2D eigenvalue weighted by Gasteiger charge is -2.04. The molecule has 1 aliphatic rings. The molecule has 1 saturated carbocycles. The Bertz CT molecular complexity index is 1260. The van der Waals surface area contributed by atoms with Gasteiger partial charge < -0.3 is 15.0 Å². The van der Waals surface area contributed by atoms with Crippen molar-refractivity contribution in [1.29, 1.82) is 0 Å². The van der Waals surface area contributed by atoms with E-state index in [1.54, 1.807) is 24.1 Å². The van der Waals surface area contributed by atoms with Crippen LogP contribution in [0.2, 0.25) is 0 Å². The Morgan fingerprint density at radius 2 is 2.09 bits per heavy atom. The Labute approximate surface area is 190 Å². The molecular weight excluding hydrogens is 420 g/mol. The van der Waals surface area contributed by atoms with Crippen molar-refractivity contribution in [3.63, 3.8) is 0 Å². The van der Waals surface area contributed by atoms with Gasteiger partial charge in [-0.3, -0.25) is 9.48 Å². The summed E-state index contributed by atoms with van der Waals surface area (Å²) in [5, 5.41) is 20.7. The number of fused-ring (bicyclic) bond motifs is 1. The van der Waals surface area contributed by atoms with Crippen LogP contribution in [0.15, 0.2) is 36.5 Å². The van der Waals surface area contributed by atoms with Crippen LogP contribution in [0.25, 0.3) is 11.0 Å². The molecule has 4 aromatic heterocycles. The molecule has 0 aliphatic heterocycles. The molecule has 1 fully saturated rings. The monoisotopic (exact) mass is 446 g/mol. The normalized spacial score (nSPS) is 13.4. The number of H-pyrrole nitrogens is 1. The van der Waals surface area contributed by atoms with Gasteiger partial charge in [-0.15, -0.1) is 10.2 Å². The van der Waals surface area contributed by atoms with E-state index in [1.165, 1.54) is 18.5 Å². The lowest BCUT2D eigenvalue weighted by molar-refractivity contribution is 0.0945. The van der Waals surface area contributed by atoms with Crippen molar-refractivity contribution < 1.29 is 9.53 Å². The van der Waals surface area contributed by atoms with Crippen molar-refractivity contribution in [1.82, 2.24) is 40.5 Å². The highest BCUT2D eigenvalue weighted by Gasteiger charge is 2.25. The van der Waals surface area contributed by atoms with Gasteiger partial charge in [-0.1, -0.05) is 11.3 Å². The second-order valence-corrected chi connectivity index (χ2v) is 8.32. The number of nitrogens with one attached hydrogen (secondary N) is 2. The molecule has 1 aliphatic carbocycles. The summed E-state index contributed by atoms with van der Waals surface area (Å²) >= 11 is 0. The average molecular weight is 447 g/mol. The SMILES string of the molecule is COc1cccc(CNC(=O)c2cn(CCCCc3cc4cc(C5CC5)[nH]c4nn3)nn2)n1. The predicted octanol–water partition coefficient (Wildman–Crippen LogP) is 2.78. The van der Waals surface area contributed by atoms with E-state index in [0.29, 0.717) is 24.0 Å². The summed E-state index contributed by atoms with van der Waals surface area (Å²) in [6.45, 7) is 0.973. The molecule has 0 atom stereocenters. The number of hydrogen-bond donors (Lipinski definition) is 2. The van der Waals surface area contributed by atoms with Crippen LogP contribution >= 0.6 is 0 Å². The lowest BCUT2D eigenvalue weighted by atomic mass is 10.1. The fraction of sp³-hybridized carbons (Fsp3) is 0.391. The molecule has 5 rings (SSSR count). The van der Waals surface area contributed by atoms with Crippen molar-refractivity contribution in [2.24, 2.45) is 0 Å². The molecule has 0 radical (unpaired) electrons. The number of aryl methyl sites for hydroxylation is 2. The van der Waals surface area contributed by atoms with Crippen LogP contribution in [0.3, 0.4) is 0 Å². The maximum atomic E-state index is 12.4. The lowest BCUT2D eigenvalue weighted by Crippen LogP contribution is -2.23. The fourth-order valence-corrected chi connectivity index (χ4v) is 3.76. The summed E-state index contributed by atoms with van der Waals surface area (Å²) in [5.74, 6) is 0.900. The number of pyridine rings is 1. The number of ether oxygens (including phenoxy) is 1. The van der Waals surface area contributed by atoms with Crippen LogP contribution in [0.1, 0.15) is 59.2 Å². The van der Waals surface area contributed by atoms with Crippen LogP contribution < -0.4 is 10.1 Å². The molecular formula is C23H26N8O2. The number of aromatic nitrogens is 7. The van der Waals surface area contributed by atoms with Crippen LogP contribution in [0, 0.1) is 0 Å². The maximum Gasteiger partial charge on any atom is 0.273 e. The van der Waals surface area contributed by atoms with E-state index in [2.05, 4.69) is 47.9 Å². The third-order valence-corrected chi connectivity index (χ3v) is 5.73. The highest BCUT2D eigenvalue weighted by Crippen LogP contribution is 2.40. The number of methoxy groups -OCH3 is 1. The first kappa shape index (κ1) is 21.0. The second-order valence-electron chi connectivity index (χ2n) is 8.32. The van der Waals surface area contributed by atoms with Gasteiger partial charge in [0.05, 0.1) is 31.2 Å². The zero-order valence-electron chi connectivity index (χ0n) is 18.5. The summed E-state index contributed by atoms with van der Waals surface area (Å²) in [6.07, 6.45) is 6.89. The number of unbranched alkanes of at least 4 members (excludes halogenated alkanes) is 1. The molecule has 0 bridgehead atoms. The average Bonchev–Trinajstić information content (AvgIpc) is 3.43. The number of carbonyl (C=O) groups excluding carboxylic acids is 1. The molecule has 0 unspecified atom stereocenters. The van der Waals surface area contributed by atoms with Crippen molar-refractivity contribution in [3.8, 4) is 5.88 Å². The number of rotatable bonds is 10. The van der Waals surface area contributed by atoms with Crippen molar-refractivity contribution >= 4 is 16.9 Å². The maximum absolute atomic E-state index is 12.4. The van der Waals surface area contributed by atoms with Crippen molar-refractivity contribution in [2.75, 3.05) is 7.11 Å². The Morgan fingerprint density at radius 3 is 2.94 bits per heavy atom. The largest absolute Gasteiger partial charge is 0.481 e. The highest BCUT2D eigenvalue weighted by atomic mass is 16.5. The molecule has 0 aromatic carbocycles. The smallest absolute Gasteiger partial charge is 0.273 e. The standard InChI is InChI=1S/C23H26N8O2/c1-33-21-7-4-6-18(25-21)13-24-23(32)20-14-31(30-28-20)10-3-2-5-17-11-16-12-19(15-8-9-15)26-22(16)29-27-17/h4,6-7,11-12,14-15H,2-3,5,8-10,13H2,1H3,(H,24,32)(H,26,29). The molecule has 4 heterocycles. The fourth-order valence-electron chi connectivity index (χ4n) is 3.76. The topological polar surface area (TPSA) is 124 Å². The molecule has 10 heteroatoms. The Balaban J connectivity index is 1.07. The minimum atomic E-state index is -0.286. The number of hydrogen-bond acceptors (Lipinski definition) is 7. The molecule has 1 amide bonds. The number of carbonyl (C=O) groups is 1. The van der Waals surface area contributed by atoms with Gasteiger partial charge in [0.25, 0.3) is 5.91 Å². The van der Waals surface area contributed by atoms with Crippen molar-refractivity contribution in [3.05, 3.63) is 59.3 Å². The number of aromatic amines is 1. The molecule has 0 saturated heterocycles. The van der Waals surface area contributed by atoms with Gasteiger partial charge in [-0.2, -0.15) is 5.10 Å². The van der Waals surface area contributed by atoms with E-state index in [1.807, 2.05) is 12.1 Å². The number of nitrogens with zero attached hydrogens (tertiary/aromatic N) is 6. The second kappa shape index (κ2) is 9.35. The van der Waals surface area contributed by atoms with Gasteiger partial charge in [0.1, 0.15) is 0 Å².